The molecule has 2 aromatic heterocycles. The molecule has 2 aromatic carbocycles. The minimum absolute atomic E-state index is 0.0102. The van der Waals surface area contributed by atoms with Gasteiger partial charge < -0.3 is 10.2 Å². The number of hydrogen-bond donors (Lipinski definition) is 1. The summed E-state index contributed by atoms with van der Waals surface area (Å²) in [4.78, 5) is 41.1. The topological polar surface area (TPSA) is 88.7 Å². The van der Waals surface area contributed by atoms with E-state index in [0.717, 1.165) is 6.07 Å². The van der Waals surface area contributed by atoms with Gasteiger partial charge in [-0.05, 0) is 68.1 Å². The minimum atomic E-state index is -4.68. The predicted molar refractivity (Wildman–Crippen MR) is 155 cm³/mol. The van der Waals surface area contributed by atoms with Crippen LogP contribution >= 0.6 is 15.9 Å². The van der Waals surface area contributed by atoms with Crippen molar-refractivity contribution < 1.29 is 27.2 Å². The van der Waals surface area contributed by atoms with E-state index >= 15 is 4.39 Å². The molecule has 0 fully saturated rings. The fraction of sp³-hybridized carbons (Fsp3) is 0.333. The number of nitrogens with one attached hydrogen (secondary N) is 1. The first-order valence-corrected chi connectivity index (χ1v) is 14.4. The van der Waals surface area contributed by atoms with Crippen LogP contribution in [0.1, 0.15) is 63.9 Å². The molecule has 4 aromatic rings. The van der Waals surface area contributed by atoms with Crippen LogP contribution in [-0.2, 0) is 25.6 Å². The van der Waals surface area contributed by atoms with Crippen LogP contribution in [0.2, 0.25) is 0 Å². The Kier molecular flexibility index (Phi) is 7.97. The van der Waals surface area contributed by atoms with Crippen molar-refractivity contribution in [1.29, 1.82) is 0 Å². The molecule has 1 N–H and O–H groups in total. The average molecular weight is 662 g/mol. The van der Waals surface area contributed by atoms with E-state index in [1.165, 1.54) is 33.2 Å². The van der Waals surface area contributed by atoms with Crippen molar-refractivity contribution in [2.45, 2.75) is 52.4 Å². The van der Waals surface area contributed by atoms with Crippen molar-refractivity contribution in [2.24, 2.45) is 5.92 Å². The van der Waals surface area contributed by atoms with Crippen LogP contribution in [0.5, 0.6) is 0 Å². The number of fused-ring (bicyclic) bond motifs is 3. The quantitative estimate of drug-likeness (QED) is 0.284. The summed E-state index contributed by atoms with van der Waals surface area (Å²) in [5.74, 6) is -1.72. The zero-order valence-electron chi connectivity index (χ0n) is 23.7. The van der Waals surface area contributed by atoms with Gasteiger partial charge in [-0.15, -0.1) is 5.10 Å². The second-order valence-electron chi connectivity index (χ2n) is 11.0. The van der Waals surface area contributed by atoms with E-state index in [-0.39, 0.29) is 58.2 Å². The number of alkyl halides is 3. The van der Waals surface area contributed by atoms with E-state index in [4.69, 9.17) is 0 Å². The van der Waals surface area contributed by atoms with Crippen LogP contribution < -0.4 is 10.9 Å². The van der Waals surface area contributed by atoms with Gasteiger partial charge in [-0.2, -0.15) is 17.6 Å². The Morgan fingerprint density at radius 2 is 1.77 bits per heavy atom. The van der Waals surface area contributed by atoms with Gasteiger partial charge in [-0.3, -0.25) is 19.0 Å². The van der Waals surface area contributed by atoms with E-state index in [1.807, 2.05) is 13.8 Å². The second-order valence-corrected chi connectivity index (χ2v) is 11.8. The Balaban J connectivity index is 1.68. The largest absolute Gasteiger partial charge is 0.417 e. The van der Waals surface area contributed by atoms with Crippen molar-refractivity contribution in [2.75, 3.05) is 7.05 Å². The maximum absolute atomic E-state index is 15.5. The summed E-state index contributed by atoms with van der Waals surface area (Å²) < 4.78 is 58.6. The molecule has 226 valence electrons. The zero-order chi connectivity index (χ0) is 31.4. The molecule has 0 saturated carbocycles. The van der Waals surface area contributed by atoms with E-state index in [0.29, 0.717) is 16.8 Å². The van der Waals surface area contributed by atoms with Gasteiger partial charge in [0, 0.05) is 34.3 Å². The van der Waals surface area contributed by atoms with Crippen molar-refractivity contribution in [1.82, 2.24) is 24.4 Å². The third kappa shape index (κ3) is 5.46. The first-order chi connectivity index (χ1) is 20.2. The summed E-state index contributed by atoms with van der Waals surface area (Å²) in [5.41, 5.74) is 0.189. The van der Waals surface area contributed by atoms with Crippen LogP contribution in [0.15, 0.2) is 51.7 Å². The fourth-order valence-corrected chi connectivity index (χ4v) is 5.92. The first kappa shape index (κ1) is 30.5. The van der Waals surface area contributed by atoms with Crippen molar-refractivity contribution in [3.05, 3.63) is 96.7 Å². The summed E-state index contributed by atoms with van der Waals surface area (Å²) in [6.07, 6.45) is -4.34. The lowest BCUT2D eigenvalue weighted by Crippen LogP contribution is -2.46. The third-order valence-electron chi connectivity index (χ3n) is 7.54. The third-order valence-corrected chi connectivity index (χ3v) is 8.23. The highest BCUT2D eigenvalue weighted by Crippen LogP contribution is 2.36. The van der Waals surface area contributed by atoms with Crippen molar-refractivity contribution in [3.63, 3.8) is 0 Å². The number of nitrogens with zero attached hydrogens (tertiary/aromatic N) is 4. The molecular weight excluding hydrogens is 634 g/mol. The van der Waals surface area contributed by atoms with E-state index in [2.05, 4.69) is 26.3 Å². The molecule has 1 aliphatic heterocycles. The molecule has 3 heterocycles. The molecule has 5 rings (SSSR count). The predicted octanol–water partition coefficient (Wildman–Crippen LogP) is 5.55. The van der Waals surface area contributed by atoms with Gasteiger partial charge in [0.05, 0.1) is 29.1 Å². The van der Waals surface area contributed by atoms with Crippen LogP contribution in [0, 0.1) is 11.9 Å². The molecule has 0 bridgehead atoms. The van der Waals surface area contributed by atoms with Crippen LogP contribution in [0.25, 0.3) is 11.3 Å². The summed E-state index contributed by atoms with van der Waals surface area (Å²) in [7, 11) is 1.50. The summed E-state index contributed by atoms with van der Waals surface area (Å²) in [6.45, 7) is 5.33. The van der Waals surface area contributed by atoms with Gasteiger partial charge in [0.25, 0.3) is 17.4 Å². The highest BCUT2D eigenvalue weighted by Gasteiger charge is 2.37. The van der Waals surface area contributed by atoms with Gasteiger partial charge in [-0.1, -0.05) is 29.8 Å². The van der Waals surface area contributed by atoms with Crippen molar-refractivity contribution in [3.8, 4) is 5.69 Å². The fourth-order valence-electron chi connectivity index (χ4n) is 5.45. The lowest BCUT2D eigenvalue weighted by Gasteiger charge is -2.35. The maximum atomic E-state index is 15.5. The molecule has 0 saturated heterocycles. The van der Waals surface area contributed by atoms with E-state index in [9.17, 15) is 27.6 Å². The average Bonchev–Trinajstić information content (AvgIpc) is 3.26. The van der Waals surface area contributed by atoms with Gasteiger partial charge in [0.2, 0.25) is 5.95 Å². The summed E-state index contributed by atoms with van der Waals surface area (Å²) in [5, 5.41) is 6.69. The molecule has 0 spiro atoms. The van der Waals surface area contributed by atoms with E-state index < -0.39 is 35.2 Å². The lowest BCUT2D eigenvalue weighted by atomic mass is 9.97. The Morgan fingerprint density at radius 1 is 1.12 bits per heavy atom. The minimum Gasteiger partial charge on any atom is -0.355 e. The van der Waals surface area contributed by atoms with Crippen LogP contribution in [-0.4, -0.2) is 44.0 Å². The molecule has 1 aliphatic rings. The SMILES string of the molecule is CNC(=O)c1ccc(-n2c(=O)c3c(n4nc(F)c(CC(C)C)c24)CN(C(=O)c2ccc(Br)c(C(F)(F)F)c2)[C@@H](C)C3)cc1. The van der Waals surface area contributed by atoms with Gasteiger partial charge >= 0.3 is 6.18 Å². The van der Waals surface area contributed by atoms with Gasteiger partial charge in [0.15, 0.2) is 0 Å². The normalized spacial score (nSPS) is 15.2. The lowest BCUT2D eigenvalue weighted by molar-refractivity contribution is -0.138. The van der Waals surface area contributed by atoms with Gasteiger partial charge in [0.1, 0.15) is 5.65 Å². The smallest absolute Gasteiger partial charge is 0.355 e. The van der Waals surface area contributed by atoms with Crippen molar-refractivity contribution >= 4 is 33.4 Å². The number of aromatic nitrogens is 3. The number of hydrogen-bond acceptors (Lipinski definition) is 4. The molecule has 1 atom stereocenters. The Labute approximate surface area is 252 Å². The second kappa shape index (κ2) is 11.3. The molecule has 2 amide bonds. The number of carbonyl (C=O) groups is 2. The summed E-state index contributed by atoms with van der Waals surface area (Å²) in [6, 6.07) is 9.00. The van der Waals surface area contributed by atoms with Gasteiger partial charge in [-0.25, -0.2) is 4.52 Å². The molecule has 0 aliphatic carbocycles. The highest BCUT2D eigenvalue weighted by atomic mass is 79.9. The number of benzene rings is 2. The molecular formula is C30H28BrF4N5O3. The Bertz CT molecular complexity index is 1810. The van der Waals surface area contributed by atoms with E-state index in [1.54, 1.807) is 31.2 Å². The number of rotatable bonds is 5. The summed E-state index contributed by atoms with van der Waals surface area (Å²) >= 11 is 2.90. The number of halogens is 5. The zero-order valence-corrected chi connectivity index (χ0v) is 25.3. The number of amides is 2. The maximum Gasteiger partial charge on any atom is 0.417 e. The first-order valence-electron chi connectivity index (χ1n) is 13.6. The molecule has 0 radical (unpaired) electrons. The van der Waals surface area contributed by atoms with Crippen LogP contribution in [0.4, 0.5) is 17.6 Å². The standard InChI is InChI=1S/C30H28BrF4N5O3/c1-15(2)11-21-25(32)37-40-24-14-38(28(42)18-7-10-23(31)22(13-18)30(33,34)35)16(3)12-20(24)29(43)39(27(21)40)19-8-5-17(6-9-19)26(41)36-4/h5-10,13,15-16H,11-12,14H2,1-4H3,(H,36,41)/t16-/m0/s1. The monoisotopic (exact) mass is 661 g/mol. The Hall–Kier alpha value is -4.00. The highest BCUT2D eigenvalue weighted by molar-refractivity contribution is 9.10. The number of carbonyl (C=O) groups excluding carboxylic acids is 2. The molecule has 0 unspecified atom stereocenters. The molecule has 13 heteroatoms. The molecule has 43 heavy (non-hydrogen) atoms. The Morgan fingerprint density at radius 3 is 2.37 bits per heavy atom. The van der Waals surface area contributed by atoms with Crippen LogP contribution in [0.3, 0.4) is 0 Å². The molecule has 8 nitrogen and oxygen atoms in total.